The van der Waals surface area contributed by atoms with Crippen LogP contribution in [0.15, 0.2) is 24.3 Å². The third kappa shape index (κ3) is 7.29. The predicted molar refractivity (Wildman–Crippen MR) is 110 cm³/mol. The van der Waals surface area contributed by atoms with Gasteiger partial charge in [-0.05, 0) is 52.9 Å². The monoisotopic (exact) mass is 384 g/mol. The van der Waals surface area contributed by atoms with Crippen molar-refractivity contribution >= 4 is 28.4 Å². The lowest BCUT2D eigenvalue weighted by molar-refractivity contribution is -0.118. The van der Waals surface area contributed by atoms with E-state index in [-0.39, 0.29) is 23.1 Å². The summed E-state index contributed by atoms with van der Waals surface area (Å²) in [6.07, 6.45) is 1.61. The number of rotatable bonds is 10. The lowest BCUT2D eigenvalue weighted by atomic mass is 10.3. The minimum atomic E-state index is -2.22. The van der Waals surface area contributed by atoms with Crippen LogP contribution in [0.5, 0.6) is 0 Å². The molecule has 7 heteroatoms. The summed E-state index contributed by atoms with van der Waals surface area (Å²) in [5.74, 6) is -0.253. The van der Waals surface area contributed by atoms with Crippen LogP contribution < -0.4 is 10.6 Å². The Kier molecular flexibility index (Phi) is 9.04. The maximum Gasteiger partial charge on any atom is 0.246 e. The maximum atomic E-state index is 12.0. The third-order valence-corrected chi connectivity index (χ3v) is 13.1. The first-order chi connectivity index (χ1) is 11.3. The molecule has 0 aromatic carbocycles. The van der Waals surface area contributed by atoms with Crippen molar-refractivity contribution in [3.63, 3.8) is 0 Å². The van der Waals surface area contributed by atoms with E-state index in [1.807, 2.05) is 0 Å². The van der Waals surface area contributed by atoms with Crippen molar-refractivity contribution in [2.45, 2.75) is 78.1 Å². The Morgan fingerprint density at radius 2 is 1.12 bits per heavy atom. The molecule has 0 aliphatic heterocycles. The predicted octanol–water partition coefficient (Wildman–Crippen LogP) is 3.43. The molecular weight excluding hydrogens is 348 g/mol. The fraction of sp³-hybridized carbons (Fsp3) is 0.667. The quantitative estimate of drug-likeness (QED) is 0.448. The fourth-order valence-electron chi connectivity index (χ4n) is 2.92. The van der Waals surface area contributed by atoms with Gasteiger partial charge in [-0.3, -0.25) is 9.59 Å². The van der Waals surface area contributed by atoms with Gasteiger partial charge in [-0.15, -0.1) is 0 Å². The molecule has 0 saturated carbocycles. The Morgan fingerprint density at radius 3 is 1.32 bits per heavy atom. The summed E-state index contributed by atoms with van der Waals surface area (Å²) in [5, 5.41) is 6.13. The zero-order valence-electron chi connectivity index (χ0n) is 17.2. The lowest BCUT2D eigenvalue weighted by Crippen LogP contribution is -2.64. The topological polar surface area (TPSA) is 67.4 Å². The second-order valence-electron chi connectivity index (χ2n) is 7.74. The lowest BCUT2D eigenvalue weighted by Gasteiger charge is -2.42. The van der Waals surface area contributed by atoms with Gasteiger partial charge in [-0.25, -0.2) is 0 Å². The highest BCUT2D eigenvalue weighted by Gasteiger charge is 2.43. The van der Waals surface area contributed by atoms with Crippen LogP contribution in [0.25, 0.3) is 0 Å². The minimum Gasteiger partial charge on any atom is -0.453 e. The zero-order valence-corrected chi connectivity index (χ0v) is 19.2. The summed E-state index contributed by atoms with van der Waals surface area (Å²) in [4.78, 5) is 24.1. The molecule has 2 unspecified atom stereocenters. The molecule has 2 atom stereocenters. The van der Waals surface area contributed by atoms with E-state index in [1.54, 1.807) is 13.8 Å². The molecule has 0 spiro atoms. The van der Waals surface area contributed by atoms with Crippen molar-refractivity contribution in [2.24, 2.45) is 0 Å². The first kappa shape index (κ1) is 23.8. The van der Waals surface area contributed by atoms with E-state index in [1.165, 1.54) is 0 Å². The summed E-state index contributed by atoms with van der Waals surface area (Å²) in [5.41, 5.74) is 0.996. The van der Waals surface area contributed by atoms with Crippen molar-refractivity contribution in [3.05, 3.63) is 24.3 Å². The highest BCUT2D eigenvalue weighted by Crippen LogP contribution is 2.23. The molecule has 0 aromatic heterocycles. The standard InChI is InChI=1S/C18H36N2O3Si2/c1-11-15(19-17(21)13(3)4)24(7,8)23-25(9,10)16(12-2)20-18(22)14(5)6/h15-16H,3,5,11-12H2,1-2,4,6-10H3,(H,19,21)(H,20,22). The summed E-state index contributed by atoms with van der Waals surface area (Å²) in [7, 11) is -4.44. The molecule has 0 radical (unpaired) electrons. The van der Waals surface area contributed by atoms with Crippen LogP contribution in [0, 0.1) is 0 Å². The van der Waals surface area contributed by atoms with E-state index < -0.39 is 16.6 Å². The largest absolute Gasteiger partial charge is 0.453 e. The van der Waals surface area contributed by atoms with Crippen molar-refractivity contribution in [1.29, 1.82) is 0 Å². The van der Waals surface area contributed by atoms with Gasteiger partial charge in [-0.2, -0.15) is 0 Å². The van der Waals surface area contributed by atoms with Crippen LogP contribution in [-0.2, 0) is 13.7 Å². The van der Waals surface area contributed by atoms with Gasteiger partial charge < -0.3 is 14.7 Å². The number of hydrogen-bond acceptors (Lipinski definition) is 3. The van der Waals surface area contributed by atoms with Crippen molar-refractivity contribution in [1.82, 2.24) is 10.6 Å². The first-order valence-corrected chi connectivity index (χ1v) is 14.9. The van der Waals surface area contributed by atoms with Crippen molar-refractivity contribution in [2.75, 3.05) is 0 Å². The van der Waals surface area contributed by atoms with Crippen LogP contribution in [-0.4, -0.2) is 39.8 Å². The van der Waals surface area contributed by atoms with Gasteiger partial charge in [0.15, 0.2) is 16.6 Å². The van der Waals surface area contributed by atoms with Crippen LogP contribution in [0.1, 0.15) is 40.5 Å². The molecule has 5 nitrogen and oxygen atoms in total. The summed E-state index contributed by atoms with van der Waals surface area (Å²) < 4.78 is 6.68. The highest BCUT2D eigenvalue weighted by molar-refractivity contribution is 6.86. The van der Waals surface area contributed by atoms with E-state index in [2.05, 4.69) is 63.8 Å². The Labute approximate surface area is 155 Å². The SMILES string of the molecule is C=C(C)C(=O)NC(CC)[Si](C)(C)O[Si](C)(C)C(CC)NC(=O)C(=C)C. The van der Waals surface area contributed by atoms with Crippen LogP contribution in [0.4, 0.5) is 0 Å². The van der Waals surface area contributed by atoms with Gasteiger partial charge in [0, 0.05) is 22.5 Å². The zero-order chi connectivity index (χ0) is 20.0. The molecule has 2 N–H and O–H groups in total. The normalized spacial score (nSPS) is 14.4. The second kappa shape index (κ2) is 9.49. The van der Waals surface area contributed by atoms with Crippen LogP contribution in [0.2, 0.25) is 26.2 Å². The Balaban J connectivity index is 5.29. The summed E-state index contributed by atoms with van der Waals surface area (Å²) >= 11 is 0. The van der Waals surface area contributed by atoms with Gasteiger partial charge in [-0.1, -0.05) is 27.0 Å². The van der Waals surface area contributed by atoms with Gasteiger partial charge in [0.1, 0.15) is 0 Å². The van der Waals surface area contributed by atoms with Gasteiger partial charge in [0.05, 0.1) is 0 Å². The Hall–Kier alpha value is -1.19. The number of carbonyl (C=O) groups is 2. The molecule has 0 heterocycles. The molecule has 0 rings (SSSR count). The first-order valence-electron chi connectivity index (χ1n) is 8.91. The molecule has 0 aliphatic carbocycles. The van der Waals surface area contributed by atoms with Gasteiger partial charge in [0.25, 0.3) is 0 Å². The number of carbonyl (C=O) groups excluding carboxylic acids is 2. The number of amides is 2. The molecule has 144 valence electrons. The molecule has 0 bridgehead atoms. The summed E-state index contributed by atoms with van der Waals surface area (Å²) in [6, 6.07) is 0. The Bertz CT molecular complexity index is 484. The maximum absolute atomic E-state index is 12.0. The van der Waals surface area contributed by atoms with E-state index in [4.69, 9.17) is 4.12 Å². The number of nitrogens with one attached hydrogen (secondary N) is 2. The average Bonchev–Trinajstić information content (AvgIpc) is 2.47. The molecule has 0 aliphatic rings. The van der Waals surface area contributed by atoms with Crippen LogP contribution in [0.3, 0.4) is 0 Å². The van der Waals surface area contributed by atoms with Crippen molar-refractivity contribution < 1.29 is 13.7 Å². The minimum absolute atomic E-state index is 0.00202. The Morgan fingerprint density at radius 1 is 0.840 bits per heavy atom. The highest BCUT2D eigenvalue weighted by atomic mass is 28.4. The second-order valence-corrected chi connectivity index (χ2v) is 16.4. The third-order valence-electron chi connectivity index (χ3n) is 4.41. The van der Waals surface area contributed by atoms with E-state index in [0.717, 1.165) is 12.8 Å². The molecule has 0 fully saturated rings. The fourth-order valence-corrected chi connectivity index (χ4v) is 12.4. The molecule has 2 amide bonds. The van der Waals surface area contributed by atoms with Gasteiger partial charge >= 0.3 is 0 Å². The molecular formula is C18H36N2O3Si2. The number of hydrogen-bond donors (Lipinski definition) is 2. The smallest absolute Gasteiger partial charge is 0.246 e. The van der Waals surface area contributed by atoms with Crippen LogP contribution >= 0.6 is 0 Å². The average molecular weight is 385 g/mol. The molecule has 0 saturated heterocycles. The van der Waals surface area contributed by atoms with Crippen molar-refractivity contribution in [3.8, 4) is 0 Å². The molecule has 25 heavy (non-hydrogen) atoms. The van der Waals surface area contributed by atoms with Gasteiger partial charge in [0.2, 0.25) is 11.8 Å². The summed E-state index contributed by atoms with van der Waals surface area (Å²) in [6.45, 7) is 23.4. The van der Waals surface area contributed by atoms with E-state index in [9.17, 15) is 9.59 Å². The van der Waals surface area contributed by atoms with E-state index in [0.29, 0.717) is 11.1 Å². The molecule has 0 aromatic rings. The van der Waals surface area contributed by atoms with E-state index >= 15 is 0 Å².